The van der Waals surface area contributed by atoms with Crippen molar-refractivity contribution in [2.75, 3.05) is 0 Å². The lowest BCUT2D eigenvalue weighted by molar-refractivity contribution is -0.0500. The Bertz CT molecular complexity index is 1220. The molecule has 0 atom stereocenters. The van der Waals surface area contributed by atoms with Crippen LogP contribution in [0.25, 0.3) is 32.7 Å². The van der Waals surface area contributed by atoms with Crippen LogP contribution in [0.4, 0.5) is 13.2 Å². The zero-order valence-corrected chi connectivity index (χ0v) is 13.2. The van der Waals surface area contributed by atoms with Crippen LogP contribution in [0.15, 0.2) is 59.0 Å². The van der Waals surface area contributed by atoms with Crippen LogP contribution in [0.1, 0.15) is 0 Å². The van der Waals surface area contributed by atoms with E-state index in [-0.39, 0.29) is 0 Å². The number of hydrogen-bond donors (Lipinski definition) is 0. The van der Waals surface area contributed by atoms with E-state index in [9.17, 15) is 21.6 Å². The van der Waals surface area contributed by atoms with Gasteiger partial charge >= 0.3 is 15.6 Å². The molecule has 0 N–H and O–H groups in total. The van der Waals surface area contributed by atoms with Crippen LogP contribution in [0, 0.1) is 0 Å². The molecule has 0 aliphatic heterocycles. The lowest BCUT2D eigenvalue weighted by Gasteiger charge is -2.10. The van der Waals surface area contributed by atoms with E-state index >= 15 is 0 Å². The van der Waals surface area contributed by atoms with Gasteiger partial charge in [0.2, 0.25) is 0 Å². The fourth-order valence-electron chi connectivity index (χ4n) is 2.67. The highest BCUT2D eigenvalue weighted by Gasteiger charge is 2.48. The van der Waals surface area contributed by atoms with Gasteiger partial charge in [-0.3, -0.25) is 0 Å². The number of furan rings is 1. The van der Waals surface area contributed by atoms with Crippen molar-refractivity contribution in [3.8, 4) is 5.75 Å². The number of alkyl halides is 3. The van der Waals surface area contributed by atoms with Crippen molar-refractivity contribution in [3.05, 3.63) is 54.6 Å². The van der Waals surface area contributed by atoms with E-state index in [1.165, 1.54) is 18.2 Å². The average Bonchev–Trinajstić information content (AvgIpc) is 2.88. The summed E-state index contributed by atoms with van der Waals surface area (Å²) in [5.41, 5.74) is -4.25. The van der Waals surface area contributed by atoms with Crippen LogP contribution in [-0.2, 0) is 10.1 Å². The predicted molar refractivity (Wildman–Crippen MR) is 86.8 cm³/mol. The Kier molecular flexibility index (Phi) is 3.23. The van der Waals surface area contributed by atoms with Gasteiger partial charge in [0.15, 0.2) is 0 Å². The number of para-hydroxylation sites is 1. The van der Waals surface area contributed by atoms with Crippen molar-refractivity contribution < 1.29 is 30.2 Å². The molecule has 0 saturated carbocycles. The first-order chi connectivity index (χ1) is 11.7. The fraction of sp³-hybridized carbons (Fsp3) is 0.0588. The summed E-state index contributed by atoms with van der Waals surface area (Å²) < 4.78 is 69.4. The highest BCUT2D eigenvalue weighted by atomic mass is 32.2. The van der Waals surface area contributed by atoms with E-state index in [0.717, 1.165) is 16.2 Å². The molecule has 0 radical (unpaired) electrons. The normalized spacial score (nSPS) is 12.9. The van der Waals surface area contributed by atoms with E-state index in [1.807, 2.05) is 30.3 Å². The monoisotopic (exact) mass is 366 g/mol. The standard InChI is InChI=1S/C17H9F3O4S/c18-17(19,20)25(21,22)24-12-6-5-10-8-14-13-3-1-2-4-15(13)23-16(14)9-11(10)7-12/h1-9H. The van der Waals surface area contributed by atoms with Gasteiger partial charge in [0.1, 0.15) is 16.9 Å². The van der Waals surface area contributed by atoms with Gasteiger partial charge in [-0.05, 0) is 41.1 Å². The third-order valence-electron chi connectivity index (χ3n) is 3.80. The minimum Gasteiger partial charge on any atom is -0.456 e. The lowest BCUT2D eigenvalue weighted by atomic mass is 10.1. The van der Waals surface area contributed by atoms with Crippen molar-refractivity contribution in [1.82, 2.24) is 0 Å². The Morgan fingerprint density at radius 3 is 2.36 bits per heavy atom. The van der Waals surface area contributed by atoms with E-state index in [1.54, 1.807) is 6.07 Å². The number of fused-ring (bicyclic) bond motifs is 4. The molecule has 0 saturated heterocycles. The molecule has 4 rings (SSSR count). The Hall–Kier alpha value is -2.74. The molecule has 8 heteroatoms. The third-order valence-corrected chi connectivity index (χ3v) is 4.78. The third kappa shape index (κ3) is 2.58. The molecule has 0 spiro atoms. The molecule has 0 amide bonds. The molecule has 3 aromatic carbocycles. The summed E-state index contributed by atoms with van der Waals surface area (Å²) in [5, 5.41) is 3.00. The summed E-state index contributed by atoms with van der Waals surface area (Å²) in [6.07, 6.45) is 0. The molecule has 25 heavy (non-hydrogen) atoms. The van der Waals surface area contributed by atoms with Crippen molar-refractivity contribution in [2.24, 2.45) is 0 Å². The first kappa shape index (κ1) is 15.8. The maximum absolute atomic E-state index is 12.4. The van der Waals surface area contributed by atoms with Crippen LogP contribution in [-0.4, -0.2) is 13.9 Å². The summed E-state index contributed by atoms with van der Waals surface area (Å²) in [4.78, 5) is 0. The highest BCUT2D eigenvalue weighted by Crippen LogP contribution is 2.34. The van der Waals surface area contributed by atoms with E-state index in [0.29, 0.717) is 16.6 Å². The number of rotatable bonds is 2. The SMILES string of the molecule is O=S(=O)(Oc1ccc2cc3c(cc2c1)oc1ccccc13)C(F)(F)F. The van der Waals surface area contributed by atoms with Gasteiger partial charge in [0, 0.05) is 10.8 Å². The van der Waals surface area contributed by atoms with Crippen LogP contribution in [0.3, 0.4) is 0 Å². The van der Waals surface area contributed by atoms with Crippen LogP contribution in [0.5, 0.6) is 5.75 Å². The summed E-state index contributed by atoms with van der Waals surface area (Å²) in [6, 6.07) is 14.8. The van der Waals surface area contributed by atoms with Crippen LogP contribution >= 0.6 is 0 Å². The molecule has 0 aliphatic rings. The summed E-state index contributed by atoms with van der Waals surface area (Å²) in [6.45, 7) is 0. The van der Waals surface area contributed by atoms with Gasteiger partial charge in [0.05, 0.1) is 0 Å². The maximum atomic E-state index is 12.4. The first-order valence-corrected chi connectivity index (χ1v) is 8.51. The van der Waals surface area contributed by atoms with Gasteiger partial charge in [-0.15, -0.1) is 0 Å². The van der Waals surface area contributed by atoms with Gasteiger partial charge in [0.25, 0.3) is 0 Å². The van der Waals surface area contributed by atoms with Crippen LogP contribution < -0.4 is 4.18 Å². The van der Waals surface area contributed by atoms with Gasteiger partial charge < -0.3 is 8.60 Å². The van der Waals surface area contributed by atoms with Gasteiger partial charge in [-0.2, -0.15) is 21.6 Å². The maximum Gasteiger partial charge on any atom is 0.534 e. The Balaban J connectivity index is 1.86. The first-order valence-electron chi connectivity index (χ1n) is 7.10. The largest absolute Gasteiger partial charge is 0.534 e. The molecule has 4 nitrogen and oxygen atoms in total. The zero-order chi connectivity index (χ0) is 17.8. The second-order valence-electron chi connectivity index (χ2n) is 5.44. The van der Waals surface area contributed by atoms with Crippen molar-refractivity contribution in [3.63, 3.8) is 0 Å². The smallest absolute Gasteiger partial charge is 0.456 e. The van der Waals surface area contributed by atoms with Crippen molar-refractivity contribution in [1.29, 1.82) is 0 Å². The molecule has 0 bridgehead atoms. The van der Waals surface area contributed by atoms with Crippen molar-refractivity contribution >= 4 is 42.8 Å². The quantitative estimate of drug-likeness (QED) is 0.371. The van der Waals surface area contributed by atoms with Gasteiger partial charge in [-0.1, -0.05) is 24.3 Å². The summed E-state index contributed by atoms with van der Waals surface area (Å²) in [5.74, 6) is -0.416. The minimum absolute atomic E-state index is 0.416. The molecule has 0 unspecified atom stereocenters. The Morgan fingerprint density at radius 2 is 1.60 bits per heavy atom. The van der Waals surface area contributed by atoms with Crippen molar-refractivity contribution in [2.45, 2.75) is 5.51 Å². The molecule has 4 aromatic rings. The highest BCUT2D eigenvalue weighted by molar-refractivity contribution is 7.88. The van der Waals surface area contributed by atoms with E-state index in [4.69, 9.17) is 4.42 Å². The Morgan fingerprint density at radius 1 is 0.840 bits per heavy atom. The topological polar surface area (TPSA) is 56.5 Å². The van der Waals surface area contributed by atoms with Crippen LogP contribution in [0.2, 0.25) is 0 Å². The molecule has 0 fully saturated rings. The summed E-state index contributed by atoms with van der Waals surface area (Å²) >= 11 is 0. The lowest BCUT2D eigenvalue weighted by Crippen LogP contribution is -2.28. The second-order valence-corrected chi connectivity index (χ2v) is 6.98. The predicted octanol–water partition coefficient (Wildman–Crippen LogP) is 4.97. The van der Waals surface area contributed by atoms with Gasteiger partial charge in [-0.25, -0.2) is 0 Å². The molecular weight excluding hydrogens is 357 g/mol. The average molecular weight is 366 g/mol. The second kappa shape index (κ2) is 5.13. The Labute approximate surface area is 139 Å². The number of halogens is 3. The fourth-order valence-corrected chi connectivity index (χ4v) is 3.12. The molecule has 1 heterocycles. The molecule has 128 valence electrons. The molecule has 0 aliphatic carbocycles. The minimum atomic E-state index is -5.71. The summed E-state index contributed by atoms with van der Waals surface area (Å²) in [7, 11) is -5.71. The van der Waals surface area contributed by atoms with E-state index in [2.05, 4.69) is 4.18 Å². The number of hydrogen-bond acceptors (Lipinski definition) is 4. The molecular formula is C17H9F3O4S. The van der Waals surface area contributed by atoms with E-state index < -0.39 is 21.4 Å². The number of benzene rings is 3. The molecule has 1 aromatic heterocycles. The zero-order valence-electron chi connectivity index (χ0n) is 12.4.